The third kappa shape index (κ3) is 2.56. The maximum atomic E-state index is 12.8. The van der Waals surface area contributed by atoms with Crippen LogP contribution in [0.4, 0.5) is 0 Å². The second-order valence-electron chi connectivity index (χ2n) is 5.61. The Morgan fingerprint density at radius 2 is 2.39 bits per heavy atom. The number of fused-ring (bicyclic) bond motifs is 3. The molecule has 1 aliphatic heterocycles. The minimum Gasteiger partial charge on any atom is -0.386 e. The zero-order chi connectivity index (χ0) is 15.8. The van der Waals surface area contributed by atoms with Gasteiger partial charge >= 0.3 is 0 Å². The van der Waals surface area contributed by atoms with E-state index in [1.54, 1.807) is 35.9 Å². The number of nitrogens with zero attached hydrogens (tertiary/aromatic N) is 3. The average molecular weight is 328 g/mol. The lowest BCUT2D eigenvalue weighted by molar-refractivity contribution is 0.154. The fourth-order valence-electron chi connectivity index (χ4n) is 2.94. The van der Waals surface area contributed by atoms with E-state index in [0.717, 1.165) is 29.9 Å². The van der Waals surface area contributed by atoms with Crippen molar-refractivity contribution in [1.29, 1.82) is 0 Å². The molecule has 0 aromatic carbocycles. The number of rotatable bonds is 3. The number of pyridine rings is 1. The topological polar surface area (TPSA) is 80.0 Å². The molecule has 0 radical (unpaired) electrons. The number of hydrogen-bond acceptors (Lipinski definition) is 6. The zero-order valence-electron chi connectivity index (χ0n) is 12.4. The molecule has 3 aromatic heterocycles. The van der Waals surface area contributed by atoms with E-state index in [-0.39, 0.29) is 12.1 Å². The monoisotopic (exact) mass is 328 g/mol. The maximum absolute atomic E-state index is 12.8. The third-order valence-electron chi connectivity index (χ3n) is 4.14. The highest BCUT2D eigenvalue weighted by molar-refractivity contribution is 7.18. The van der Waals surface area contributed by atoms with Crippen LogP contribution in [0.25, 0.3) is 10.2 Å². The SMILES string of the molecule is O=c1c2c3c(sc2ncn1C[C@H](O)c1cccnc1)CNCC3. The van der Waals surface area contributed by atoms with Crippen molar-refractivity contribution >= 4 is 21.6 Å². The van der Waals surface area contributed by atoms with Gasteiger partial charge in [0.2, 0.25) is 0 Å². The van der Waals surface area contributed by atoms with Gasteiger partial charge in [0.25, 0.3) is 5.56 Å². The van der Waals surface area contributed by atoms with Gasteiger partial charge < -0.3 is 10.4 Å². The highest BCUT2D eigenvalue weighted by Crippen LogP contribution is 2.29. The molecule has 118 valence electrons. The van der Waals surface area contributed by atoms with E-state index in [0.29, 0.717) is 10.9 Å². The molecule has 0 unspecified atom stereocenters. The molecule has 7 heteroatoms. The molecule has 1 atom stereocenters. The van der Waals surface area contributed by atoms with Crippen LogP contribution in [0.1, 0.15) is 22.1 Å². The number of aliphatic hydroxyl groups is 1. The molecule has 1 aliphatic rings. The van der Waals surface area contributed by atoms with Gasteiger partial charge in [-0.05, 0) is 24.6 Å². The molecule has 3 aromatic rings. The first-order chi connectivity index (χ1) is 11.2. The lowest BCUT2D eigenvalue weighted by Crippen LogP contribution is -2.26. The molecule has 0 aliphatic carbocycles. The van der Waals surface area contributed by atoms with E-state index in [4.69, 9.17) is 0 Å². The second kappa shape index (κ2) is 5.84. The first-order valence-corrected chi connectivity index (χ1v) is 8.34. The van der Waals surface area contributed by atoms with E-state index in [1.807, 2.05) is 0 Å². The van der Waals surface area contributed by atoms with Gasteiger partial charge in [0.1, 0.15) is 4.83 Å². The summed E-state index contributed by atoms with van der Waals surface area (Å²) in [7, 11) is 0. The maximum Gasteiger partial charge on any atom is 0.262 e. The second-order valence-corrected chi connectivity index (χ2v) is 6.70. The van der Waals surface area contributed by atoms with Gasteiger partial charge in [-0.15, -0.1) is 11.3 Å². The van der Waals surface area contributed by atoms with E-state index in [1.165, 1.54) is 15.8 Å². The fourth-order valence-corrected chi connectivity index (χ4v) is 4.09. The Kier molecular flexibility index (Phi) is 3.68. The number of hydrogen-bond donors (Lipinski definition) is 2. The van der Waals surface area contributed by atoms with Crippen LogP contribution < -0.4 is 10.9 Å². The summed E-state index contributed by atoms with van der Waals surface area (Å²) in [6.45, 7) is 1.86. The van der Waals surface area contributed by atoms with Gasteiger partial charge in [0, 0.05) is 29.4 Å². The van der Waals surface area contributed by atoms with Crippen LogP contribution in [0, 0.1) is 0 Å². The molecule has 2 N–H and O–H groups in total. The van der Waals surface area contributed by atoms with Crippen molar-refractivity contribution in [3.05, 3.63) is 57.2 Å². The summed E-state index contributed by atoms with van der Waals surface area (Å²) < 4.78 is 1.50. The lowest BCUT2D eigenvalue weighted by atomic mass is 10.1. The molecule has 6 nitrogen and oxygen atoms in total. The smallest absolute Gasteiger partial charge is 0.262 e. The third-order valence-corrected chi connectivity index (χ3v) is 5.28. The Bertz CT molecular complexity index is 904. The number of aliphatic hydroxyl groups excluding tert-OH is 1. The van der Waals surface area contributed by atoms with Crippen molar-refractivity contribution in [3.8, 4) is 0 Å². The summed E-state index contributed by atoms with van der Waals surface area (Å²) >= 11 is 1.58. The van der Waals surface area contributed by atoms with E-state index in [9.17, 15) is 9.90 Å². The van der Waals surface area contributed by atoms with Crippen LogP contribution in [-0.2, 0) is 19.5 Å². The predicted octanol–water partition coefficient (Wildman–Crippen LogP) is 1.23. The summed E-state index contributed by atoms with van der Waals surface area (Å²) in [5.41, 5.74) is 1.74. The van der Waals surface area contributed by atoms with Gasteiger partial charge in [0.15, 0.2) is 0 Å². The van der Waals surface area contributed by atoms with Gasteiger partial charge in [-0.25, -0.2) is 4.98 Å². The summed E-state index contributed by atoms with van der Waals surface area (Å²) in [5, 5.41) is 14.4. The van der Waals surface area contributed by atoms with Crippen LogP contribution in [0.3, 0.4) is 0 Å². The fraction of sp³-hybridized carbons (Fsp3) is 0.312. The first-order valence-electron chi connectivity index (χ1n) is 7.52. The van der Waals surface area contributed by atoms with Crippen LogP contribution in [0.2, 0.25) is 0 Å². The van der Waals surface area contributed by atoms with Crippen LogP contribution >= 0.6 is 11.3 Å². The highest BCUT2D eigenvalue weighted by atomic mass is 32.1. The van der Waals surface area contributed by atoms with E-state index in [2.05, 4.69) is 15.3 Å². The molecule has 0 spiro atoms. The Morgan fingerprint density at radius 1 is 1.48 bits per heavy atom. The zero-order valence-corrected chi connectivity index (χ0v) is 13.2. The quantitative estimate of drug-likeness (QED) is 0.756. The normalized spacial score (nSPS) is 15.5. The van der Waals surface area contributed by atoms with Gasteiger partial charge in [-0.3, -0.25) is 14.3 Å². The highest BCUT2D eigenvalue weighted by Gasteiger charge is 2.20. The van der Waals surface area contributed by atoms with Crippen molar-refractivity contribution in [2.75, 3.05) is 6.54 Å². The van der Waals surface area contributed by atoms with Crippen LogP contribution in [0.15, 0.2) is 35.6 Å². The van der Waals surface area contributed by atoms with Crippen molar-refractivity contribution in [1.82, 2.24) is 19.9 Å². The Labute approximate surface area is 136 Å². The Balaban J connectivity index is 1.74. The molecule has 23 heavy (non-hydrogen) atoms. The number of aromatic nitrogens is 3. The van der Waals surface area contributed by atoms with E-state index < -0.39 is 6.10 Å². The molecule has 4 rings (SSSR count). The predicted molar refractivity (Wildman–Crippen MR) is 88.5 cm³/mol. The summed E-state index contributed by atoms with van der Waals surface area (Å²) in [4.78, 5) is 23.2. The molecular formula is C16H16N4O2S. The lowest BCUT2D eigenvalue weighted by Gasteiger charge is -2.14. The Hall–Kier alpha value is -2.09. The summed E-state index contributed by atoms with van der Waals surface area (Å²) in [5.74, 6) is 0. The van der Waals surface area contributed by atoms with Crippen molar-refractivity contribution in [2.24, 2.45) is 0 Å². The van der Waals surface area contributed by atoms with E-state index >= 15 is 0 Å². The van der Waals surface area contributed by atoms with Gasteiger partial charge in [0.05, 0.1) is 24.4 Å². The number of thiophene rings is 1. The van der Waals surface area contributed by atoms with Gasteiger partial charge in [-0.2, -0.15) is 0 Å². The molecule has 0 saturated heterocycles. The minimum absolute atomic E-state index is 0.0719. The van der Waals surface area contributed by atoms with Gasteiger partial charge in [-0.1, -0.05) is 6.07 Å². The molecule has 0 amide bonds. The van der Waals surface area contributed by atoms with Crippen molar-refractivity contribution in [3.63, 3.8) is 0 Å². The molecule has 0 fully saturated rings. The molecular weight excluding hydrogens is 312 g/mol. The summed E-state index contributed by atoms with van der Waals surface area (Å²) in [6.07, 6.45) is 4.86. The minimum atomic E-state index is -0.781. The molecule has 0 bridgehead atoms. The largest absolute Gasteiger partial charge is 0.386 e. The van der Waals surface area contributed by atoms with Crippen molar-refractivity contribution in [2.45, 2.75) is 25.6 Å². The average Bonchev–Trinajstić information content (AvgIpc) is 2.97. The first kappa shape index (κ1) is 14.5. The standard InChI is InChI=1S/C16H16N4O2S/c21-12(10-2-1-4-17-6-10)8-20-9-19-15-14(16(20)22)11-3-5-18-7-13(11)23-15/h1-2,4,6,9,12,18,21H,3,5,7-8H2/t12-/m0/s1. The summed E-state index contributed by atoms with van der Waals surface area (Å²) in [6, 6.07) is 3.57. The van der Waals surface area contributed by atoms with Crippen LogP contribution in [-0.4, -0.2) is 26.2 Å². The van der Waals surface area contributed by atoms with Crippen molar-refractivity contribution < 1.29 is 5.11 Å². The number of nitrogens with one attached hydrogen (secondary N) is 1. The molecule has 0 saturated carbocycles. The Morgan fingerprint density at radius 3 is 3.22 bits per heavy atom. The van der Waals surface area contributed by atoms with Crippen LogP contribution in [0.5, 0.6) is 0 Å². The molecule has 4 heterocycles.